The number of hydrogen-bond acceptors (Lipinski definition) is 3. The Labute approximate surface area is 128 Å². The van der Waals surface area contributed by atoms with Crippen molar-refractivity contribution in [2.45, 2.75) is 73.4 Å². The summed E-state index contributed by atoms with van der Waals surface area (Å²) in [6.07, 6.45) is 6.42. The molecule has 1 N–H and O–H groups in total. The van der Waals surface area contributed by atoms with E-state index in [2.05, 4.69) is 22.6 Å². The summed E-state index contributed by atoms with van der Waals surface area (Å²) in [5.74, 6) is 1.02. The predicted octanol–water partition coefficient (Wildman–Crippen LogP) is 3.22. The van der Waals surface area contributed by atoms with E-state index in [-0.39, 0.29) is 11.6 Å². The van der Waals surface area contributed by atoms with Gasteiger partial charge in [-0.3, -0.25) is 4.79 Å². The summed E-state index contributed by atoms with van der Waals surface area (Å²) in [5, 5.41) is 10.6. The lowest BCUT2D eigenvalue weighted by Crippen LogP contribution is -2.61. The van der Waals surface area contributed by atoms with Crippen LogP contribution >= 0.6 is 22.6 Å². The zero-order chi connectivity index (χ0) is 13.9. The zero-order valence-corrected chi connectivity index (χ0v) is 13.9. The fourth-order valence-corrected chi connectivity index (χ4v) is 4.81. The third kappa shape index (κ3) is 2.43. The van der Waals surface area contributed by atoms with Gasteiger partial charge >= 0.3 is 5.97 Å². The summed E-state index contributed by atoms with van der Waals surface area (Å²) in [4.78, 5) is 12.4. The number of alkyl halides is 1. The van der Waals surface area contributed by atoms with Gasteiger partial charge in [-0.25, -0.2) is 0 Å². The SMILES string of the molecule is CC[C@](C)(I)C(=O)OC12CC3CC(CC(O)(C3)C1)C2. The first kappa shape index (κ1) is 14.1. The van der Waals surface area contributed by atoms with Crippen molar-refractivity contribution in [3.8, 4) is 0 Å². The second kappa shape index (κ2) is 4.33. The molecule has 4 bridgehead atoms. The molecular weight excluding hydrogens is 355 g/mol. The number of halogens is 1. The fraction of sp³-hybridized carbons (Fsp3) is 0.933. The van der Waals surface area contributed by atoms with Crippen LogP contribution in [0.15, 0.2) is 0 Å². The second-order valence-corrected chi connectivity index (χ2v) is 9.69. The molecule has 0 saturated heterocycles. The summed E-state index contributed by atoms with van der Waals surface area (Å²) < 4.78 is 5.52. The second-order valence-electron chi connectivity index (χ2n) is 7.31. The largest absolute Gasteiger partial charge is 0.458 e. The number of carbonyl (C=O) groups is 1. The Morgan fingerprint density at radius 3 is 2.42 bits per heavy atom. The number of carbonyl (C=O) groups excluding carboxylic acids is 1. The smallest absolute Gasteiger partial charge is 0.322 e. The van der Waals surface area contributed by atoms with Crippen LogP contribution in [0.4, 0.5) is 0 Å². The van der Waals surface area contributed by atoms with Crippen molar-refractivity contribution in [3.63, 3.8) is 0 Å². The van der Waals surface area contributed by atoms with Gasteiger partial charge < -0.3 is 9.84 Å². The molecule has 19 heavy (non-hydrogen) atoms. The van der Waals surface area contributed by atoms with Crippen molar-refractivity contribution in [1.29, 1.82) is 0 Å². The van der Waals surface area contributed by atoms with Crippen LogP contribution in [0.1, 0.15) is 58.8 Å². The first-order valence-electron chi connectivity index (χ1n) is 7.41. The number of ether oxygens (including phenoxy) is 1. The third-order valence-electron chi connectivity index (χ3n) is 5.38. The molecule has 4 heteroatoms. The molecule has 4 aliphatic rings. The van der Waals surface area contributed by atoms with Gasteiger partial charge in [0.25, 0.3) is 0 Å². The Bertz CT molecular complexity index is 390. The molecule has 4 fully saturated rings. The number of rotatable bonds is 3. The molecule has 2 unspecified atom stereocenters. The Morgan fingerprint density at radius 1 is 1.37 bits per heavy atom. The molecule has 4 aliphatic carbocycles. The van der Waals surface area contributed by atoms with Gasteiger partial charge in [0.05, 0.1) is 5.60 Å². The highest BCUT2D eigenvalue weighted by molar-refractivity contribution is 14.1. The Morgan fingerprint density at radius 2 is 1.95 bits per heavy atom. The summed E-state index contributed by atoms with van der Waals surface area (Å²) >= 11 is 2.19. The van der Waals surface area contributed by atoms with Crippen molar-refractivity contribution < 1.29 is 14.6 Å². The van der Waals surface area contributed by atoms with E-state index in [4.69, 9.17) is 4.74 Å². The van der Waals surface area contributed by atoms with Gasteiger partial charge in [-0.05, 0) is 57.3 Å². The standard InChI is InChI=1S/C15H23IO3/c1-3-13(2,16)12(17)19-15-7-10-4-11(8-15)6-14(18,5-10)9-15/h10-11,18H,3-9H2,1-2H3/t10?,11?,13-,14?,15?/m0/s1. The van der Waals surface area contributed by atoms with Crippen LogP contribution in [0.3, 0.4) is 0 Å². The van der Waals surface area contributed by atoms with Crippen molar-refractivity contribution in [2.24, 2.45) is 11.8 Å². The molecule has 0 heterocycles. The van der Waals surface area contributed by atoms with Gasteiger partial charge in [0, 0.05) is 6.42 Å². The molecule has 0 amide bonds. The monoisotopic (exact) mass is 378 g/mol. The van der Waals surface area contributed by atoms with E-state index >= 15 is 0 Å². The molecule has 0 aromatic carbocycles. The maximum atomic E-state index is 12.4. The molecule has 3 atom stereocenters. The summed E-state index contributed by atoms with van der Waals surface area (Å²) in [5.41, 5.74) is -0.921. The molecule has 108 valence electrons. The van der Waals surface area contributed by atoms with E-state index in [0.29, 0.717) is 18.3 Å². The minimum atomic E-state index is -0.557. The van der Waals surface area contributed by atoms with Crippen LogP contribution in [-0.4, -0.2) is 25.7 Å². The Kier molecular flexibility index (Phi) is 3.21. The molecule has 0 aromatic rings. The maximum Gasteiger partial charge on any atom is 0.322 e. The van der Waals surface area contributed by atoms with Crippen LogP contribution < -0.4 is 0 Å². The van der Waals surface area contributed by atoms with E-state index in [9.17, 15) is 9.90 Å². The van der Waals surface area contributed by atoms with Crippen LogP contribution in [0.25, 0.3) is 0 Å². The highest BCUT2D eigenvalue weighted by atomic mass is 127. The van der Waals surface area contributed by atoms with Crippen LogP contribution in [-0.2, 0) is 9.53 Å². The molecule has 0 spiro atoms. The van der Waals surface area contributed by atoms with E-state index < -0.39 is 9.02 Å². The van der Waals surface area contributed by atoms with Crippen molar-refractivity contribution >= 4 is 28.6 Å². The van der Waals surface area contributed by atoms with E-state index in [1.165, 1.54) is 6.42 Å². The topological polar surface area (TPSA) is 46.5 Å². The van der Waals surface area contributed by atoms with E-state index in [0.717, 1.165) is 32.1 Å². The lowest BCUT2D eigenvalue weighted by Gasteiger charge is -2.59. The first-order chi connectivity index (χ1) is 8.76. The van der Waals surface area contributed by atoms with Gasteiger partial charge in [0.2, 0.25) is 0 Å². The van der Waals surface area contributed by atoms with Crippen LogP contribution in [0, 0.1) is 11.8 Å². The van der Waals surface area contributed by atoms with Crippen LogP contribution in [0.5, 0.6) is 0 Å². The third-order valence-corrected chi connectivity index (χ3v) is 6.58. The first-order valence-corrected chi connectivity index (χ1v) is 8.49. The molecule has 4 rings (SSSR count). The van der Waals surface area contributed by atoms with Crippen molar-refractivity contribution in [2.75, 3.05) is 0 Å². The minimum Gasteiger partial charge on any atom is -0.458 e. The molecule has 3 nitrogen and oxygen atoms in total. The number of aliphatic hydroxyl groups is 1. The molecule has 0 radical (unpaired) electrons. The van der Waals surface area contributed by atoms with Crippen LogP contribution in [0.2, 0.25) is 0 Å². The Balaban J connectivity index is 1.79. The lowest BCUT2D eigenvalue weighted by atomic mass is 9.52. The number of hydrogen-bond donors (Lipinski definition) is 1. The highest BCUT2D eigenvalue weighted by Crippen LogP contribution is 2.59. The predicted molar refractivity (Wildman–Crippen MR) is 81.2 cm³/mol. The highest BCUT2D eigenvalue weighted by Gasteiger charge is 2.59. The lowest BCUT2D eigenvalue weighted by molar-refractivity contribution is -0.220. The quantitative estimate of drug-likeness (QED) is 0.466. The molecule has 0 aliphatic heterocycles. The summed E-state index contributed by atoms with van der Waals surface area (Å²) in [6, 6.07) is 0. The van der Waals surface area contributed by atoms with Crippen molar-refractivity contribution in [3.05, 3.63) is 0 Å². The fourth-order valence-electron chi connectivity index (χ4n) is 4.70. The zero-order valence-electron chi connectivity index (χ0n) is 11.7. The summed E-state index contributed by atoms with van der Waals surface area (Å²) in [7, 11) is 0. The molecule has 0 aromatic heterocycles. The van der Waals surface area contributed by atoms with Gasteiger partial charge in [-0.2, -0.15) is 0 Å². The minimum absolute atomic E-state index is 0.0962. The maximum absolute atomic E-state index is 12.4. The average molecular weight is 378 g/mol. The average Bonchev–Trinajstić information content (AvgIpc) is 2.24. The van der Waals surface area contributed by atoms with E-state index in [1.54, 1.807) is 0 Å². The number of esters is 1. The van der Waals surface area contributed by atoms with Gasteiger partial charge in [-0.1, -0.05) is 29.5 Å². The summed E-state index contributed by atoms with van der Waals surface area (Å²) in [6.45, 7) is 3.95. The molecular formula is C15H23IO3. The normalized spacial score (nSPS) is 46.9. The van der Waals surface area contributed by atoms with Crippen molar-refractivity contribution in [1.82, 2.24) is 0 Å². The Hall–Kier alpha value is 0.160. The van der Waals surface area contributed by atoms with E-state index in [1.807, 2.05) is 13.8 Å². The van der Waals surface area contributed by atoms with Gasteiger partial charge in [0.15, 0.2) is 0 Å². The molecule has 4 saturated carbocycles. The van der Waals surface area contributed by atoms with Gasteiger partial charge in [0.1, 0.15) is 9.02 Å². The van der Waals surface area contributed by atoms with Gasteiger partial charge in [-0.15, -0.1) is 0 Å².